The molecule has 1 aromatic carbocycles. The van der Waals surface area contributed by atoms with Crippen molar-refractivity contribution in [1.82, 2.24) is 24.1 Å². The van der Waals surface area contributed by atoms with E-state index in [1.54, 1.807) is 12.3 Å². The molecule has 0 atom stereocenters. The molecule has 3 aromatic heterocycles. The molecule has 0 unspecified atom stereocenters. The summed E-state index contributed by atoms with van der Waals surface area (Å²) >= 11 is 0. The van der Waals surface area contributed by atoms with Crippen LogP contribution in [0.4, 0.5) is 5.95 Å². The first-order chi connectivity index (χ1) is 14.0. The summed E-state index contributed by atoms with van der Waals surface area (Å²) in [6.07, 6.45) is 6.53. The van der Waals surface area contributed by atoms with Crippen molar-refractivity contribution < 1.29 is 5.11 Å². The van der Waals surface area contributed by atoms with Gasteiger partial charge in [-0.25, -0.2) is 9.97 Å². The number of aromatic nitrogens is 5. The summed E-state index contributed by atoms with van der Waals surface area (Å²) in [6, 6.07) is 7.80. The summed E-state index contributed by atoms with van der Waals surface area (Å²) in [5.74, 6) is 0.995. The molecule has 0 radical (unpaired) electrons. The molecule has 4 aromatic rings. The molecule has 2 N–H and O–H groups in total. The molecule has 0 saturated heterocycles. The van der Waals surface area contributed by atoms with E-state index in [9.17, 15) is 5.11 Å². The Morgan fingerprint density at radius 2 is 1.97 bits per heavy atom. The third kappa shape index (κ3) is 4.08. The van der Waals surface area contributed by atoms with Gasteiger partial charge in [-0.05, 0) is 56.5 Å². The fourth-order valence-electron chi connectivity index (χ4n) is 3.61. The fourth-order valence-corrected chi connectivity index (χ4v) is 3.61. The van der Waals surface area contributed by atoms with Gasteiger partial charge in [-0.2, -0.15) is 0 Å². The van der Waals surface area contributed by atoms with Gasteiger partial charge < -0.3 is 19.6 Å². The molecule has 0 aliphatic carbocycles. The van der Waals surface area contributed by atoms with Crippen LogP contribution in [-0.2, 0) is 13.1 Å². The maximum absolute atomic E-state index is 10.3. The fraction of sp³-hybridized carbons (Fsp3) is 0.318. The molecular formula is C22H26N6O. The van der Waals surface area contributed by atoms with Crippen molar-refractivity contribution in [3.05, 3.63) is 65.5 Å². The normalized spacial score (nSPS) is 11.3. The lowest BCUT2D eigenvalue weighted by molar-refractivity contribution is 0.461. The lowest BCUT2D eigenvalue weighted by Gasteiger charge is -2.12. The van der Waals surface area contributed by atoms with Gasteiger partial charge in [0.1, 0.15) is 11.4 Å². The number of fused-ring (bicyclic) bond motifs is 1. The maximum atomic E-state index is 10.3. The maximum Gasteiger partial charge on any atom is 0.204 e. The molecule has 0 saturated carbocycles. The van der Waals surface area contributed by atoms with E-state index in [4.69, 9.17) is 4.98 Å². The van der Waals surface area contributed by atoms with Crippen molar-refractivity contribution in [3.63, 3.8) is 0 Å². The SMILES string of the molecule is Cc1cc(C)c2nc(NCCCn3ccnc3)n(Cc3nc(C)ccc3O)c2c1. The predicted molar refractivity (Wildman–Crippen MR) is 114 cm³/mol. The number of nitrogens with one attached hydrogen (secondary N) is 1. The van der Waals surface area contributed by atoms with Crippen molar-refractivity contribution in [2.45, 2.75) is 40.3 Å². The second kappa shape index (κ2) is 7.95. The highest BCUT2D eigenvalue weighted by Crippen LogP contribution is 2.27. The third-order valence-electron chi connectivity index (χ3n) is 5.02. The van der Waals surface area contributed by atoms with Crippen molar-refractivity contribution in [3.8, 4) is 5.75 Å². The van der Waals surface area contributed by atoms with E-state index in [0.29, 0.717) is 12.2 Å². The van der Waals surface area contributed by atoms with Crippen molar-refractivity contribution in [2.24, 2.45) is 0 Å². The number of imidazole rings is 2. The van der Waals surface area contributed by atoms with E-state index in [2.05, 4.69) is 50.4 Å². The van der Waals surface area contributed by atoms with E-state index < -0.39 is 0 Å². The first kappa shape index (κ1) is 19.0. The first-order valence-corrected chi connectivity index (χ1v) is 9.84. The third-order valence-corrected chi connectivity index (χ3v) is 5.02. The molecule has 29 heavy (non-hydrogen) atoms. The Kier molecular flexibility index (Phi) is 5.20. The van der Waals surface area contributed by atoms with E-state index in [0.717, 1.165) is 47.7 Å². The van der Waals surface area contributed by atoms with Crippen LogP contribution in [0.5, 0.6) is 5.75 Å². The van der Waals surface area contributed by atoms with Gasteiger partial charge in [0.2, 0.25) is 5.95 Å². The van der Waals surface area contributed by atoms with Gasteiger partial charge in [-0.15, -0.1) is 0 Å². The van der Waals surface area contributed by atoms with Crippen molar-refractivity contribution >= 4 is 17.0 Å². The average Bonchev–Trinajstić information content (AvgIpc) is 3.31. The van der Waals surface area contributed by atoms with E-state index in [1.807, 2.05) is 25.5 Å². The van der Waals surface area contributed by atoms with Gasteiger partial charge in [0, 0.05) is 31.2 Å². The smallest absolute Gasteiger partial charge is 0.204 e. The number of anilines is 1. The van der Waals surface area contributed by atoms with Gasteiger partial charge in [-0.1, -0.05) is 6.07 Å². The number of pyridine rings is 1. The zero-order valence-electron chi connectivity index (χ0n) is 17.1. The van der Waals surface area contributed by atoms with E-state index in [1.165, 1.54) is 5.56 Å². The number of hydrogen-bond acceptors (Lipinski definition) is 5. The largest absolute Gasteiger partial charge is 0.506 e. The first-order valence-electron chi connectivity index (χ1n) is 9.84. The Hall–Kier alpha value is -3.35. The highest BCUT2D eigenvalue weighted by atomic mass is 16.3. The molecule has 0 fully saturated rings. The standard InChI is InChI=1S/C22H26N6O/c1-15-11-16(2)21-19(12-15)28(13-18-20(29)6-5-17(3)25-18)22(26-21)24-7-4-9-27-10-8-23-14-27/h5-6,8,10-12,14,29H,4,7,9,13H2,1-3H3,(H,24,26). The Labute approximate surface area is 170 Å². The highest BCUT2D eigenvalue weighted by molar-refractivity contribution is 5.82. The predicted octanol–water partition coefficient (Wildman–Crippen LogP) is 3.81. The number of aromatic hydroxyl groups is 1. The Morgan fingerprint density at radius 1 is 1.10 bits per heavy atom. The lowest BCUT2D eigenvalue weighted by Crippen LogP contribution is -2.12. The second-order valence-corrected chi connectivity index (χ2v) is 7.47. The van der Waals surface area contributed by atoms with Gasteiger partial charge >= 0.3 is 0 Å². The molecular weight excluding hydrogens is 364 g/mol. The van der Waals surface area contributed by atoms with Crippen LogP contribution in [0.15, 0.2) is 43.0 Å². The Bertz CT molecular complexity index is 1130. The molecule has 3 heterocycles. The van der Waals surface area contributed by atoms with Crippen LogP contribution in [0.25, 0.3) is 11.0 Å². The summed E-state index contributed by atoms with van der Waals surface area (Å²) < 4.78 is 4.17. The molecule has 7 nitrogen and oxygen atoms in total. The Balaban J connectivity index is 1.64. The number of hydrogen-bond donors (Lipinski definition) is 2. The molecule has 150 valence electrons. The quantitative estimate of drug-likeness (QED) is 0.469. The highest BCUT2D eigenvalue weighted by Gasteiger charge is 2.15. The summed E-state index contributed by atoms with van der Waals surface area (Å²) in [6.45, 7) is 8.23. The molecule has 7 heteroatoms. The summed E-state index contributed by atoms with van der Waals surface area (Å²) in [5, 5.41) is 13.8. The average molecular weight is 390 g/mol. The van der Waals surface area contributed by atoms with Crippen LogP contribution < -0.4 is 5.32 Å². The Morgan fingerprint density at radius 3 is 2.76 bits per heavy atom. The summed E-state index contributed by atoms with van der Waals surface area (Å²) in [5.41, 5.74) is 5.86. The zero-order valence-corrected chi connectivity index (χ0v) is 17.1. The lowest BCUT2D eigenvalue weighted by atomic mass is 10.1. The van der Waals surface area contributed by atoms with Gasteiger partial charge in [0.15, 0.2) is 0 Å². The van der Waals surface area contributed by atoms with Crippen LogP contribution in [-0.4, -0.2) is 35.7 Å². The molecule has 0 amide bonds. The van der Waals surface area contributed by atoms with Crippen LogP contribution in [0.1, 0.15) is 28.9 Å². The molecule has 0 aliphatic heterocycles. The van der Waals surface area contributed by atoms with Crippen LogP contribution in [0, 0.1) is 20.8 Å². The van der Waals surface area contributed by atoms with E-state index >= 15 is 0 Å². The van der Waals surface area contributed by atoms with Crippen molar-refractivity contribution in [2.75, 3.05) is 11.9 Å². The molecule has 0 bridgehead atoms. The van der Waals surface area contributed by atoms with Gasteiger partial charge in [0.25, 0.3) is 0 Å². The molecule has 0 spiro atoms. The molecule has 0 aliphatic rings. The van der Waals surface area contributed by atoms with Gasteiger partial charge in [-0.3, -0.25) is 4.98 Å². The number of aryl methyl sites for hydroxylation is 4. The minimum atomic E-state index is 0.202. The van der Waals surface area contributed by atoms with Crippen LogP contribution >= 0.6 is 0 Å². The van der Waals surface area contributed by atoms with Crippen LogP contribution in [0.3, 0.4) is 0 Å². The topological polar surface area (TPSA) is 80.8 Å². The zero-order chi connectivity index (χ0) is 20.4. The summed E-state index contributed by atoms with van der Waals surface area (Å²) in [4.78, 5) is 13.5. The number of benzene rings is 1. The number of nitrogens with zero attached hydrogens (tertiary/aromatic N) is 5. The molecule has 4 rings (SSSR count). The van der Waals surface area contributed by atoms with Crippen molar-refractivity contribution in [1.29, 1.82) is 0 Å². The van der Waals surface area contributed by atoms with Crippen LogP contribution in [0.2, 0.25) is 0 Å². The minimum Gasteiger partial charge on any atom is -0.506 e. The van der Waals surface area contributed by atoms with E-state index in [-0.39, 0.29) is 5.75 Å². The number of rotatable bonds is 7. The summed E-state index contributed by atoms with van der Waals surface area (Å²) in [7, 11) is 0. The monoisotopic (exact) mass is 390 g/mol. The second-order valence-electron chi connectivity index (χ2n) is 7.47. The minimum absolute atomic E-state index is 0.202. The van der Waals surface area contributed by atoms with Gasteiger partial charge in [0.05, 0.1) is 23.9 Å².